The zero-order valence-corrected chi connectivity index (χ0v) is 17.1. The molecule has 2 aromatic rings. The van der Waals surface area contributed by atoms with Gasteiger partial charge in [-0.1, -0.05) is 36.4 Å². The van der Waals surface area contributed by atoms with Gasteiger partial charge in [0.15, 0.2) is 0 Å². The van der Waals surface area contributed by atoms with Gasteiger partial charge < -0.3 is 10.2 Å². The molecule has 0 atom stereocenters. The molecular formula is C21H27N3O3S. The molecule has 1 fully saturated rings. The van der Waals surface area contributed by atoms with E-state index in [9.17, 15) is 13.2 Å². The molecule has 0 saturated carbocycles. The van der Waals surface area contributed by atoms with Gasteiger partial charge in [-0.2, -0.15) is 0 Å². The van der Waals surface area contributed by atoms with Crippen molar-refractivity contribution in [2.45, 2.75) is 37.2 Å². The summed E-state index contributed by atoms with van der Waals surface area (Å²) in [5.74, 6) is -0.216. The van der Waals surface area contributed by atoms with Crippen molar-refractivity contribution in [1.29, 1.82) is 0 Å². The number of hydrogen-bond acceptors (Lipinski definition) is 4. The van der Waals surface area contributed by atoms with Gasteiger partial charge in [0.1, 0.15) is 0 Å². The maximum atomic E-state index is 12.7. The molecule has 0 aliphatic carbocycles. The molecule has 0 bridgehead atoms. The highest BCUT2D eigenvalue weighted by Gasteiger charge is 2.22. The second-order valence-electron chi connectivity index (χ2n) is 7.34. The first kappa shape index (κ1) is 20.5. The number of benzene rings is 2. The quantitative estimate of drug-likeness (QED) is 0.779. The normalized spacial score (nSPS) is 16.1. The summed E-state index contributed by atoms with van der Waals surface area (Å²) in [5.41, 5.74) is 2.03. The van der Waals surface area contributed by atoms with E-state index in [0.717, 1.165) is 37.1 Å². The van der Waals surface area contributed by atoms with Crippen LogP contribution in [0.2, 0.25) is 0 Å². The fourth-order valence-corrected chi connectivity index (χ4v) is 4.33. The minimum absolute atomic E-state index is 0.0996. The van der Waals surface area contributed by atoms with E-state index in [4.69, 9.17) is 0 Å². The molecule has 0 aromatic heterocycles. The second kappa shape index (κ2) is 8.86. The van der Waals surface area contributed by atoms with Crippen LogP contribution in [0, 0.1) is 6.92 Å². The van der Waals surface area contributed by atoms with Crippen LogP contribution >= 0.6 is 0 Å². The molecule has 7 heteroatoms. The lowest BCUT2D eigenvalue weighted by Gasteiger charge is -2.29. The molecule has 1 aliphatic heterocycles. The fraction of sp³-hybridized carbons (Fsp3) is 0.381. The van der Waals surface area contributed by atoms with Crippen molar-refractivity contribution in [2.75, 3.05) is 20.1 Å². The highest BCUT2D eigenvalue weighted by molar-refractivity contribution is 7.89. The Morgan fingerprint density at radius 1 is 1.11 bits per heavy atom. The summed E-state index contributed by atoms with van der Waals surface area (Å²) in [6.45, 7) is 3.91. The highest BCUT2D eigenvalue weighted by atomic mass is 32.2. The van der Waals surface area contributed by atoms with Crippen LogP contribution in [-0.2, 0) is 16.6 Å². The van der Waals surface area contributed by atoms with Crippen LogP contribution in [0.15, 0.2) is 53.4 Å². The van der Waals surface area contributed by atoms with Gasteiger partial charge in [-0.25, -0.2) is 13.1 Å². The number of carbonyl (C=O) groups is 1. The Labute approximate surface area is 167 Å². The Morgan fingerprint density at radius 2 is 1.79 bits per heavy atom. The fourth-order valence-electron chi connectivity index (χ4n) is 3.29. The lowest BCUT2D eigenvalue weighted by atomic mass is 10.0. The van der Waals surface area contributed by atoms with E-state index in [1.165, 1.54) is 12.1 Å². The minimum Gasteiger partial charge on any atom is -0.349 e. The molecule has 1 saturated heterocycles. The number of rotatable bonds is 6. The van der Waals surface area contributed by atoms with E-state index in [2.05, 4.69) is 22.0 Å². The van der Waals surface area contributed by atoms with Gasteiger partial charge in [0.2, 0.25) is 10.0 Å². The first-order valence-corrected chi connectivity index (χ1v) is 11.0. The van der Waals surface area contributed by atoms with Gasteiger partial charge in [-0.15, -0.1) is 0 Å². The molecule has 6 nitrogen and oxygen atoms in total. The van der Waals surface area contributed by atoms with Crippen molar-refractivity contribution in [3.8, 4) is 0 Å². The molecule has 1 amide bonds. The van der Waals surface area contributed by atoms with Crippen molar-refractivity contribution in [2.24, 2.45) is 0 Å². The van der Waals surface area contributed by atoms with Gasteiger partial charge in [0.25, 0.3) is 5.91 Å². The second-order valence-corrected chi connectivity index (χ2v) is 9.10. The monoisotopic (exact) mass is 401 g/mol. The largest absolute Gasteiger partial charge is 0.349 e. The number of likely N-dealkylation sites (tertiary alicyclic amines) is 1. The Kier molecular flexibility index (Phi) is 6.49. The summed E-state index contributed by atoms with van der Waals surface area (Å²) in [6, 6.07) is 14.1. The van der Waals surface area contributed by atoms with Crippen molar-refractivity contribution in [3.05, 3.63) is 65.2 Å². The molecule has 150 valence electrons. The topological polar surface area (TPSA) is 78.5 Å². The smallest absolute Gasteiger partial charge is 0.251 e. The van der Waals surface area contributed by atoms with Crippen molar-refractivity contribution < 1.29 is 13.2 Å². The van der Waals surface area contributed by atoms with E-state index in [-0.39, 0.29) is 23.4 Å². The molecule has 1 heterocycles. The SMILES string of the molecule is Cc1ccc(S(=O)(=O)NCc2ccccc2)cc1C(=O)NC1CCN(C)CC1. The van der Waals surface area contributed by atoms with Crippen LogP contribution < -0.4 is 10.0 Å². The van der Waals surface area contributed by atoms with E-state index in [0.29, 0.717) is 5.56 Å². The number of piperidine rings is 1. The number of aryl methyl sites for hydroxylation is 1. The third-order valence-electron chi connectivity index (χ3n) is 5.13. The predicted octanol–water partition coefficient (Wildman–Crippen LogP) is 2.30. The van der Waals surface area contributed by atoms with E-state index in [1.807, 2.05) is 37.3 Å². The Hall–Kier alpha value is -2.22. The summed E-state index contributed by atoms with van der Waals surface area (Å²) in [7, 11) is -1.64. The molecule has 1 aliphatic rings. The molecule has 2 aromatic carbocycles. The van der Waals surface area contributed by atoms with Crippen LogP contribution in [0.3, 0.4) is 0 Å². The van der Waals surface area contributed by atoms with Gasteiger partial charge in [-0.3, -0.25) is 4.79 Å². The van der Waals surface area contributed by atoms with Crippen LogP contribution in [0.25, 0.3) is 0 Å². The standard InChI is InChI=1S/C21H27N3O3S/c1-16-8-9-19(28(26,27)22-15-17-6-4-3-5-7-17)14-20(16)21(25)23-18-10-12-24(2)13-11-18/h3-9,14,18,22H,10-13,15H2,1-2H3,(H,23,25). The number of nitrogens with one attached hydrogen (secondary N) is 2. The van der Waals surface area contributed by atoms with Gasteiger partial charge in [0.05, 0.1) is 4.90 Å². The summed E-state index contributed by atoms with van der Waals surface area (Å²) in [4.78, 5) is 15.1. The lowest BCUT2D eigenvalue weighted by molar-refractivity contribution is 0.0916. The third kappa shape index (κ3) is 5.19. The maximum Gasteiger partial charge on any atom is 0.251 e. The number of nitrogens with zero attached hydrogens (tertiary/aromatic N) is 1. The molecule has 28 heavy (non-hydrogen) atoms. The average molecular weight is 402 g/mol. The van der Waals surface area contributed by atoms with E-state index >= 15 is 0 Å². The molecule has 2 N–H and O–H groups in total. The van der Waals surface area contributed by atoms with E-state index in [1.54, 1.807) is 6.07 Å². The third-order valence-corrected chi connectivity index (χ3v) is 6.53. The average Bonchev–Trinajstić information content (AvgIpc) is 2.69. The molecule has 0 spiro atoms. The number of carbonyl (C=O) groups excluding carboxylic acids is 1. The van der Waals surface area contributed by atoms with Crippen molar-refractivity contribution in [3.63, 3.8) is 0 Å². The van der Waals surface area contributed by atoms with Crippen LogP contribution in [-0.4, -0.2) is 45.4 Å². The minimum atomic E-state index is -3.71. The lowest BCUT2D eigenvalue weighted by Crippen LogP contribution is -2.43. The van der Waals surface area contributed by atoms with Crippen LogP contribution in [0.5, 0.6) is 0 Å². The zero-order valence-electron chi connectivity index (χ0n) is 16.3. The molecular weight excluding hydrogens is 374 g/mol. The Balaban J connectivity index is 1.72. The molecule has 0 unspecified atom stereocenters. The highest BCUT2D eigenvalue weighted by Crippen LogP contribution is 2.17. The first-order valence-electron chi connectivity index (χ1n) is 9.49. The van der Waals surface area contributed by atoms with Gasteiger partial charge >= 0.3 is 0 Å². The van der Waals surface area contributed by atoms with Crippen LogP contribution in [0.4, 0.5) is 0 Å². The van der Waals surface area contributed by atoms with Gasteiger partial charge in [0, 0.05) is 18.2 Å². The zero-order chi connectivity index (χ0) is 20.1. The number of hydrogen-bond donors (Lipinski definition) is 2. The number of sulfonamides is 1. The molecule has 3 rings (SSSR count). The van der Waals surface area contributed by atoms with E-state index < -0.39 is 10.0 Å². The van der Waals surface area contributed by atoms with Crippen LogP contribution in [0.1, 0.15) is 34.3 Å². The summed E-state index contributed by atoms with van der Waals surface area (Å²) >= 11 is 0. The number of amides is 1. The Bertz CT molecular complexity index is 921. The summed E-state index contributed by atoms with van der Waals surface area (Å²) in [6.07, 6.45) is 1.80. The molecule has 0 radical (unpaired) electrons. The van der Waals surface area contributed by atoms with Crippen molar-refractivity contribution >= 4 is 15.9 Å². The summed E-state index contributed by atoms with van der Waals surface area (Å²) in [5, 5.41) is 3.05. The summed E-state index contributed by atoms with van der Waals surface area (Å²) < 4.78 is 27.9. The Morgan fingerprint density at radius 3 is 2.46 bits per heavy atom. The first-order chi connectivity index (χ1) is 13.3. The maximum absolute atomic E-state index is 12.7. The van der Waals surface area contributed by atoms with Gasteiger partial charge in [-0.05, 0) is 63.2 Å². The van der Waals surface area contributed by atoms with Crippen molar-refractivity contribution in [1.82, 2.24) is 14.9 Å². The predicted molar refractivity (Wildman–Crippen MR) is 110 cm³/mol.